The van der Waals surface area contributed by atoms with Crippen LogP contribution in [0.25, 0.3) is 0 Å². The van der Waals surface area contributed by atoms with Crippen molar-refractivity contribution in [2.75, 3.05) is 26.2 Å². The number of benzene rings is 1. The van der Waals surface area contributed by atoms with Crippen molar-refractivity contribution in [2.45, 2.75) is 13.1 Å². The lowest BCUT2D eigenvalue weighted by atomic mass is 10.1. The number of carboxylic acid groups (broad SMARTS) is 1. The van der Waals surface area contributed by atoms with E-state index in [9.17, 15) is 22.8 Å². The van der Waals surface area contributed by atoms with Crippen LogP contribution in [0.4, 0.5) is 23.7 Å². The van der Waals surface area contributed by atoms with Gasteiger partial charge in [0.05, 0.1) is 16.1 Å². The zero-order chi connectivity index (χ0) is 21.2. The van der Waals surface area contributed by atoms with Gasteiger partial charge in [0, 0.05) is 26.2 Å². The molecule has 2 aromatic rings. The highest BCUT2D eigenvalue weighted by molar-refractivity contribution is 7.13. The number of rotatable bonds is 3. The number of carbonyl (C=O) groups is 2. The Morgan fingerprint density at radius 3 is 2.28 bits per heavy atom. The normalized spacial score (nSPS) is 15.5. The second kappa shape index (κ2) is 8.24. The summed E-state index contributed by atoms with van der Waals surface area (Å²) in [5, 5.41) is 10.8. The molecule has 0 saturated carbocycles. The zero-order valence-electron chi connectivity index (χ0n) is 15.4. The van der Waals surface area contributed by atoms with Gasteiger partial charge in [0.25, 0.3) is 5.91 Å². The van der Waals surface area contributed by atoms with Crippen LogP contribution < -0.4 is 0 Å². The molecule has 0 bridgehead atoms. The van der Waals surface area contributed by atoms with Gasteiger partial charge < -0.3 is 14.9 Å². The maximum absolute atomic E-state index is 13.2. The zero-order valence-corrected chi connectivity index (χ0v) is 16.3. The number of aliphatic imine (C=N–C) groups is 1. The third-order valence-corrected chi connectivity index (χ3v) is 5.51. The van der Waals surface area contributed by atoms with Crippen molar-refractivity contribution in [2.24, 2.45) is 4.99 Å². The Labute approximate surface area is 168 Å². The van der Waals surface area contributed by atoms with Crippen LogP contribution in [0, 0.1) is 6.92 Å². The van der Waals surface area contributed by atoms with Crippen LogP contribution in [-0.4, -0.2) is 58.8 Å². The predicted molar refractivity (Wildman–Crippen MR) is 103 cm³/mol. The molecule has 10 heteroatoms. The van der Waals surface area contributed by atoms with Gasteiger partial charge in [-0.25, -0.2) is 9.79 Å². The fourth-order valence-electron chi connectivity index (χ4n) is 3.04. The molecule has 1 aromatic heterocycles. The first-order valence-corrected chi connectivity index (χ1v) is 9.63. The third-order valence-electron chi connectivity index (χ3n) is 4.64. The molecule has 0 radical (unpaired) electrons. The second-order valence-electron chi connectivity index (χ2n) is 6.45. The molecule has 2 heterocycles. The van der Waals surface area contributed by atoms with Crippen LogP contribution in [0.15, 0.2) is 40.7 Å². The minimum absolute atomic E-state index is 0.0474. The second-order valence-corrected chi connectivity index (χ2v) is 7.39. The van der Waals surface area contributed by atoms with Gasteiger partial charge in [-0.2, -0.15) is 13.2 Å². The maximum atomic E-state index is 13.2. The van der Waals surface area contributed by atoms with Crippen molar-refractivity contribution in [3.05, 3.63) is 51.7 Å². The number of hydrogen-bond donors (Lipinski definition) is 1. The largest absolute Gasteiger partial charge is 0.465 e. The van der Waals surface area contributed by atoms with Crippen LogP contribution in [0.2, 0.25) is 0 Å². The van der Waals surface area contributed by atoms with Crippen LogP contribution in [-0.2, 0) is 11.0 Å². The summed E-state index contributed by atoms with van der Waals surface area (Å²) in [6.07, 6.45) is -5.57. The first kappa shape index (κ1) is 20.8. The van der Waals surface area contributed by atoms with Crippen molar-refractivity contribution in [1.82, 2.24) is 9.80 Å². The molecule has 29 heavy (non-hydrogen) atoms. The van der Waals surface area contributed by atoms with Gasteiger partial charge in [-0.15, -0.1) is 11.3 Å². The summed E-state index contributed by atoms with van der Waals surface area (Å²) >= 11 is 1.26. The first-order valence-electron chi connectivity index (χ1n) is 8.75. The fraction of sp³-hybridized carbons (Fsp3) is 0.316. The Balaban J connectivity index is 1.96. The molecule has 1 fully saturated rings. The van der Waals surface area contributed by atoms with E-state index in [-0.39, 0.29) is 43.1 Å². The molecule has 2 amide bonds. The summed E-state index contributed by atoms with van der Waals surface area (Å²) in [6, 6.07) is 7.08. The predicted octanol–water partition coefficient (Wildman–Crippen LogP) is 4.02. The fourth-order valence-corrected chi connectivity index (χ4v) is 3.75. The number of nitrogens with zero attached hydrogens (tertiary/aromatic N) is 3. The van der Waals surface area contributed by atoms with Gasteiger partial charge in [0.15, 0.2) is 0 Å². The number of thiophene rings is 1. The molecule has 3 rings (SSSR count). The molecular weight excluding hydrogens is 407 g/mol. The maximum Gasteiger partial charge on any atom is 0.416 e. The first-order chi connectivity index (χ1) is 13.7. The van der Waals surface area contributed by atoms with E-state index < -0.39 is 23.7 Å². The van der Waals surface area contributed by atoms with E-state index in [1.165, 1.54) is 40.2 Å². The molecule has 1 aliphatic rings. The van der Waals surface area contributed by atoms with Crippen LogP contribution in [0.1, 0.15) is 16.0 Å². The standard InChI is InChI=1S/C19H18F3N3O3S/c1-12-13(19(20,21)22)4-2-5-14(12)23-16(15-6-3-11-29-15)17(26)24-7-9-25(10-8-24)18(27)28/h2-6,11H,7-10H2,1H3,(H,27,28)/b23-16+. The quantitative estimate of drug-likeness (QED) is 0.755. The van der Waals surface area contributed by atoms with E-state index in [2.05, 4.69) is 4.99 Å². The van der Waals surface area contributed by atoms with E-state index in [1.54, 1.807) is 17.5 Å². The molecule has 1 saturated heterocycles. The molecule has 154 valence electrons. The molecular formula is C19H18F3N3O3S. The molecule has 0 aliphatic carbocycles. The minimum Gasteiger partial charge on any atom is -0.465 e. The van der Waals surface area contributed by atoms with Crippen LogP contribution >= 0.6 is 11.3 Å². The number of carbonyl (C=O) groups excluding carboxylic acids is 1. The lowest BCUT2D eigenvalue weighted by Crippen LogP contribution is -2.51. The van der Waals surface area contributed by atoms with Crippen molar-refractivity contribution in [3.63, 3.8) is 0 Å². The summed E-state index contributed by atoms with van der Waals surface area (Å²) in [5.74, 6) is -0.436. The van der Waals surface area contributed by atoms with Crippen molar-refractivity contribution >= 4 is 34.7 Å². The topological polar surface area (TPSA) is 73.2 Å². The Morgan fingerprint density at radius 2 is 1.72 bits per heavy atom. The van der Waals surface area contributed by atoms with Gasteiger partial charge in [-0.05, 0) is 36.1 Å². The van der Waals surface area contributed by atoms with E-state index in [0.717, 1.165) is 6.07 Å². The molecule has 1 aromatic carbocycles. The average molecular weight is 425 g/mol. The van der Waals surface area contributed by atoms with E-state index >= 15 is 0 Å². The van der Waals surface area contributed by atoms with Crippen molar-refractivity contribution < 1.29 is 27.9 Å². The van der Waals surface area contributed by atoms with Gasteiger partial charge in [-0.3, -0.25) is 4.79 Å². The smallest absolute Gasteiger partial charge is 0.416 e. The molecule has 0 unspecified atom stereocenters. The van der Waals surface area contributed by atoms with Crippen LogP contribution in [0.5, 0.6) is 0 Å². The SMILES string of the molecule is Cc1c(/N=C(/C(=O)N2CCN(C(=O)O)CC2)c2cccs2)cccc1C(F)(F)F. The van der Waals surface area contributed by atoms with Gasteiger partial charge in [0.1, 0.15) is 5.71 Å². The molecule has 1 aliphatic heterocycles. The summed E-state index contributed by atoms with van der Waals surface area (Å²) in [5.41, 5.74) is -0.740. The monoisotopic (exact) mass is 425 g/mol. The van der Waals surface area contributed by atoms with Crippen LogP contribution in [0.3, 0.4) is 0 Å². The molecule has 6 nitrogen and oxygen atoms in total. The number of halogens is 3. The van der Waals surface area contributed by atoms with Gasteiger partial charge >= 0.3 is 12.3 Å². The van der Waals surface area contributed by atoms with Crippen molar-refractivity contribution in [1.29, 1.82) is 0 Å². The molecule has 1 N–H and O–H groups in total. The van der Waals surface area contributed by atoms with Gasteiger partial charge in [0.2, 0.25) is 0 Å². The lowest BCUT2D eigenvalue weighted by molar-refractivity contribution is -0.138. The number of hydrogen-bond acceptors (Lipinski definition) is 4. The third kappa shape index (κ3) is 4.58. The average Bonchev–Trinajstić information content (AvgIpc) is 3.20. The van der Waals surface area contributed by atoms with E-state index in [0.29, 0.717) is 4.88 Å². The van der Waals surface area contributed by atoms with E-state index in [1.807, 2.05) is 0 Å². The Morgan fingerprint density at radius 1 is 1.07 bits per heavy atom. The lowest BCUT2D eigenvalue weighted by Gasteiger charge is -2.33. The van der Waals surface area contributed by atoms with Crippen molar-refractivity contribution in [3.8, 4) is 0 Å². The highest BCUT2D eigenvalue weighted by Gasteiger charge is 2.33. The van der Waals surface area contributed by atoms with E-state index in [4.69, 9.17) is 5.11 Å². The summed E-state index contributed by atoms with van der Waals surface area (Å²) in [7, 11) is 0. The molecule has 0 spiro atoms. The number of piperazine rings is 1. The number of amides is 2. The molecule has 0 atom stereocenters. The number of alkyl halides is 3. The Hall–Kier alpha value is -2.88. The Bertz CT molecular complexity index is 934. The highest BCUT2D eigenvalue weighted by Crippen LogP contribution is 2.35. The summed E-state index contributed by atoms with van der Waals surface area (Å²) in [6.45, 7) is 2.04. The summed E-state index contributed by atoms with van der Waals surface area (Å²) in [4.78, 5) is 31.7. The minimum atomic E-state index is -4.52. The Kier molecular flexibility index (Phi) is 5.92. The summed E-state index contributed by atoms with van der Waals surface area (Å²) < 4.78 is 39.6. The highest BCUT2D eigenvalue weighted by atomic mass is 32.1. The van der Waals surface area contributed by atoms with Gasteiger partial charge in [-0.1, -0.05) is 12.1 Å².